The summed E-state index contributed by atoms with van der Waals surface area (Å²) in [6.07, 6.45) is 0. The van der Waals surface area contributed by atoms with Gasteiger partial charge in [-0.05, 0) is 65.2 Å². The maximum atomic E-state index is 2.67. The van der Waals surface area contributed by atoms with Crippen LogP contribution in [-0.4, -0.2) is 24.0 Å². The highest BCUT2D eigenvalue weighted by Gasteiger charge is 2.33. The normalized spacial score (nSPS) is 16.4. The third kappa shape index (κ3) is 10.3. The molecule has 0 saturated heterocycles. The van der Waals surface area contributed by atoms with Crippen molar-refractivity contribution >= 4 is 0 Å². The molecule has 0 N–H and O–H groups in total. The molecule has 0 atom stereocenters. The van der Waals surface area contributed by atoms with Gasteiger partial charge in [-0.1, -0.05) is 96.9 Å². The molecule has 174 valence electrons. The summed E-state index contributed by atoms with van der Waals surface area (Å²) in [5.74, 6) is 2.62. The van der Waals surface area contributed by atoms with Crippen molar-refractivity contribution in [3.63, 3.8) is 0 Å². The molecular formula is C28H57N. The van der Waals surface area contributed by atoms with Gasteiger partial charge in [-0.15, -0.1) is 0 Å². The Morgan fingerprint density at radius 2 is 1.00 bits per heavy atom. The lowest BCUT2D eigenvalue weighted by molar-refractivity contribution is 0.241. The summed E-state index contributed by atoms with van der Waals surface area (Å²) >= 11 is 0. The van der Waals surface area contributed by atoms with E-state index in [1.807, 2.05) is 13.8 Å². The summed E-state index contributed by atoms with van der Waals surface area (Å²) in [6.45, 7) is 38.9. The van der Waals surface area contributed by atoms with Crippen LogP contribution in [0.4, 0.5) is 0 Å². The van der Waals surface area contributed by atoms with E-state index in [9.17, 15) is 0 Å². The monoisotopic (exact) mass is 407 g/mol. The lowest BCUT2D eigenvalue weighted by Crippen LogP contribution is -2.36. The maximum absolute atomic E-state index is 2.67. The van der Waals surface area contributed by atoms with Crippen LogP contribution in [0.25, 0.3) is 0 Å². The third-order valence-electron chi connectivity index (χ3n) is 5.18. The second kappa shape index (κ2) is 13.7. The van der Waals surface area contributed by atoms with E-state index in [1.165, 1.54) is 0 Å². The fourth-order valence-corrected chi connectivity index (χ4v) is 3.82. The quantitative estimate of drug-likeness (QED) is 0.449. The number of nitrogens with zero attached hydrogens (tertiary/aromatic N) is 1. The first-order valence-corrected chi connectivity index (χ1v) is 12.3. The summed E-state index contributed by atoms with van der Waals surface area (Å²) in [5.41, 5.74) is 6.85. The Morgan fingerprint density at radius 3 is 1.24 bits per heavy atom. The second-order valence-electron chi connectivity index (χ2n) is 11.3. The summed E-state index contributed by atoms with van der Waals surface area (Å²) in [5, 5.41) is 0. The molecule has 0 saturated carbocycles. The molecule has 0 aromatic rings. The summed E-state index contributed by atoms with van der Waals surface area (Å²) in [7, 11) is 0. The lowest BCUT2D eigenvalue weighted by atomic mass is 9.74. The molecule has 1 heterocycles. The molecule has 1 rings (SSSR count). The molecule has 0 spiro atoms. The van der Waals surface area contributed by atoms with E-state index in [-0.39, 0.29) is 5.41 Å². The predicted octanol–water partition coefficient (Wildman–Crippen LogP) is 9.01. The molecule has 0 amide bonds. The zero-order valence-corrected chi connectivity index (χ0v) is 23.2. The molecule has 0 fully saturated rings. The zero-order valence-electron chi connectivity index (χ0n) is 23.2. The minimum atomic E-state index is 0.222. The molecule has 0 unspecified atom stereocenters. The van der Waals surface area contributed by atoms with E-state index in [0.717, 1.165) is 19.0 Å². The van der Waals surface area contributed by atoms with Gasteiger partial charge in [0, 0.05) is 19.1 Å². The Hall–Kier alpha value is -0.560. The largest absolute Gasteiger partial charge is 0.293 e. The highest BCUT2D eigenvalue weighted by molar-refractivity contribution is 5.46. The van der Waals surface area contributed by atoms with Crippen molar-refractivity contribution < 1.29 is 0 Å². The third-order valence-corrected chi connectivity index (χ3v) is 5.18. The number of hydrogen-bond acceptors (Lipinski definition) is 1. The van der Waals surface area contributed by atoms with Crippen molar-refractivity contribution in [2.45, 2.75) is 117 Å². The smallest absolute Gasteiger partial charge is 0.0210 e. The highest BCUT2D eigenvalue weighted by Crippen LogP contribution is 2.42. The van der Waals surface area contributed by atoms with E-state index < -0.39 is 0 Å². The van der Waals surface area contributed by atoms with Gasteiger partial charge in [0.05, 0.1) is 0 Å². The van der Waals surface area contributed by atoms with Crippen molar-refractivity contribution in [2.24, 2.45) is 29.1 Å². The predicted molar refractivity (Wildman–Crippen MR) is 137 cm³/mol. The Balaban J connectivity index is 0. The summed E-state index contributed by atoms with van der Waals surface area (Å²) in [4.78, 5) is 2.67. The molecule has 0 radical (unpaired) electrons. The van der Waals surface area contributed by atoms with E-state index in [1.54, 1.807) is 22.3 Å². The molecule has 1 aliphatic rings. The lowest BCUT2D eigenvalue weighted by Gasteiger charge is -2.33. The molecule has 0 aromatic carbocycles. The van der Waals surface area contributed by atoms with E-state index in [4.69, 9.17) is 0 Å². The molecule has 0 aromatic heterocycles. The van der Waals surface area contributed by atoms with Crippen molar-refractivity contribution in [3.8, 4) is 0 Å². The van der Waals surface area contributed by atoms with Gasteiger partial charge in [0.1, 0.15) is 0 Å². The van der Waals surface area contributed by atoms with Crippen molar-refractivity contribution in [3.05, 3.63) is 22.3 Å². The van der Waals surface area contributed by atoms with Crippen LogP contribution in [0.5, 0.6) is 0 Å². The van der Waals surface area contributed by atoms with Gasteiger partial charge in [0.25, 0.3) is 0 Å². The van der Waals surface area contributed by atoms with Crippen LogP contribution in [0.3, 0.4) is 0 Å². The molecule has 1 heteroatoms. The van der Waals surface area contributed by atoms with Crippen LogP contribution in [0.1, 0.15) is 111 Å². The molecule has 1 aliphatic heterocycles. The molecule has 29 heavy (non-hydrogen) atoms. The number of allylic oxidation sites excluding steroid dienone is 2. The Morgan fingerprint density at radius 1 is 0.621 bits per heavy atom. The van der Waals surface area contributed by atoms with Gasteiger partial charge < -0.3 is 0 Å². The first-order chi connectivity index (χ1) is 13.1. The van der Waals surface area contributed by atoms with E-state index in [0.29, 0.717) is 23.8 Å². The molecule has 1 nitrogen and oxygen atoms in total. The highest BCUT2D eigenvalue weighted by atomic mass is 15.1. The van der Waals surface area contributed by atoms with Crippen LogP contribution in [0.2, 0.25) is 0 Å². The van der Waals surface area contributed by atoms with Gasteiger partial charge in [0.15, 0.2) is 0 Å². The average Bonchev–Trinajstić information content (AvgIpc) is 2.73. The number of hydrogen-bond donors (Lipinski definition) is 0. The van der Waals surface area contributed by atoms with Gasteiger partial charge in [-0.2, -0.15) is 0 Å². The van der Waals surface area contributed by atoms with Crippen LogP contribution in [-0.2, 0) is 0 Å². The minimum absolute atomic E-state index is 0.222. The topological polar surface area (TPSA) is 3.24 Å². The van der Waals surface area contributed by atoms with E-state index >= 15 is 0 Å². The van der Waals surface area contributed by atoms with Crippen LogP contribution < -0.4 is 0 Å². The summed E-state index contributed by atoms with van der Waals surface area (Å²) < 4.78 is 0. The van der Waals surface area contributed by atoms with Crippen molar-refractivity contribution in [2.75, 3.05) is 13.1 Å². The standard InChI is InChI=1S/C22H41N.C4H10.C2H6/c1-14(2)18-12-23(17(7)8)13-19(22(9,10)11)21(16(5)6)20(18)15(3)4;1-4(2)3;1-2/h14-17H,12-13H2,1-11H3;4H,1-3H3;1-2H3. The van der Waals surface area contributed by atoms with E-state index in [2.05, 4.69) is 102 Å². The van der Waals surface area contributed by atoms with Gasteiger partial charge in [0.2, 0.25) is 0 Å². The molecular weight excluding hydrogens is 350 g/mol. The Kier molecular flexibility index (Phi) is 14.5. The van der Waals surface area contributed by atoms with Crippen LogP contribution in [0.15, 0.2) is 22.3 Å². The van der Waals surface area contributed by atoms with Crippen LogP contribution in [0, 0.1) is 29.1 Å². The zero-order chi connectivity index (χ0) is 23.7. The number of rotatable bonds is 4. The first kappa shape index (κ1) is 30.6. The Bertz CT molecular complexity index is 504. The summed E-state index contributed by atoms with van der Waals surface area (Å²) in [6, 6.07) is 0.584. The minimum Gasteiger partial charge on any atom is -0.293 e. The average molecular weight is 408 g/mol. The molecule has 0 bridgehead atoms. The van der Waals surface area contributed by atoms with Crippen molar-refractivity contribution in [1.29, 1.82) is 0 Å². The van der Waals surface area contributed by atoms with Crippen LogP contribution >= 0.6 is 0 Å². The fourth-order valence-electron chi connectivity index (χ4n) is 3.82. The van der Waals surface area contributed by atoms with Gasteiger partial charge >= 0.3 is 0 Å². The Labute approximate surface area is 186 Å². The van der Waals surface area contributed by atoms with Crippen molar-refractivity contribution in [1.82, 2.24) is 4.90 Å². The maximum Gasteiger partial charge on any atom is 0.0210 e. The van der Waals surface area contributed by atoms with Gasteiger partial charge in [-0.25, -0.2) is 0 Å². The second-order valence-corrected chi connectivity index (χ2v) is 11.3. The SMILES string of the molecule is CC.CC(C)C.CC(C)C1=C(C(C)C)C(C(C)C)=C(C(C)(C)C)CN(C(C)C)C1. The van der Waals surface area contributed by atoms with Gasteiger partial charge in [-0.3, -0.25) is 4.90 Å². The molecule has 0 aliphatic carbocycles. The fraction of sp³-hybridized carbons (Fsp3) is 0.857. The first-order valence-electron chi connectivity index (χ1n) is 12.3.